The van der Waals surface area contributed by atoms with Gasteiger partial charge < -0.3 is 20.3 Å². The third-order valence-corrected chi connectivity index (χ3v) is 2.68. The zero-order chi connectivity index (χ0) is 12.6. The van der Waals surface area contributed by atoms with Gasteiger partial charge in [0, 0.05) is 12.9 Å². The number of ether oxygens (including phenoxy) is 1. The van der Waals surface area contributed by atoms with Crippen molar-refractivity contribution in [1.82, 2.24) is 5.32 Å². The van der Waals surface area contributed by atoms with Crippen LogP contribution in [0.5, 0.6) is 0 Å². The number of carbonyl (C=O) groups is 2. The molecule has 3 N–H and O–H groups in total. The number of methoxy groups -OCH3 is 1. The molecule has 0 rings (SSSR count). The Kier molecular flexibility index (Phi) is 7.11. The third-order valence-electron chi connectivity index (χ3n) is 1.76. The van der Waals surface area contributed by atoms with E-state index in [4.69, 9.17) is 9.84 Å². The maximum absolute atomic E-state index is 11.2. The maximum atomic E-state index is 11.2. The number of thioether (sulfide) groups is 1. The fourth-order valence-corrected chi connectivity index (χ4v) is 1.42. The summed E-state index contributed by atoms with van der Waals surface area (Å²) in [7, 11) is 1.57. The van der Waals surface area contributed by atoms with Gasteiger partial charge >= 0.3 is 5.97 Å². The van der Waals surface area contributed by atoms with E-state index >= 15 is 0 Å². The van der Waals surface area contributed by atoms with Gasteiger partial charge in [0.1, 0.15) is 0 Å². The molecule has 0 bridgehead atoms. The van der Waals surface area contributed by atoms with E-state index in [1.165, 1.54) is 11.8 Å². The number of nitrogens with one attached hydrogen (secondary N) is 1. The van der Waals surface area contributed by atoms with Gasteiger partial charge in [0.2, 0.25) is 5.91 Å². The Hall–Kier alpha value is -0.790. The number of rotatable bonds is 8. The van der Waals surface area contributed by atoms with Gasteiger partial charge in [-0.05, 0) is 6.92 Å². The third kappa shape index (κ3) is 6.65. The van der Waals surface area contributed by atoms with E-state index in [-0.39, 0.29) is 18.2 Å². The van der Waals surface area contributed by atoms with Gasteiger partial charge in [-0.1, -0.05) is 0 Å². The minimum Gasteiger partial charge on any atom is -0.479 e. The summed E-state index contributed by atoms with van der Waals surface area (Å²) in [4.78, 5) is 21.7. The van der Waals surface area contributed by atoms with Gasteiger partial charge in [-0.15, -0.1) is 11.8 Å². The van der Waals surface area contributed by atoms with E-state index in [9.17, 15) is 14.7 Å². The number of hydrogen-bond donors (Lipinski definition) is 3. The number of amides is 1. The quantitative estimate of drug-likeness (QED) is 0.495. The highest BCUT2D eigenvalue weighted by Crippen LogP contribution is 2.02. The fourth-order valence-electron chi connectivity index (χ4n) is 0.704. The number of carboxylic acids is 1. The second kappa shape index (κ2) is 7.48. The lowest BCUT2D eigenvalue weighted by Gasteiger charge is -2.18. The number of carboxylic acid groups (broad SMARTS) is 1. The van der Waals surface area contributed by atoms with Crippen LogP contribution in [0.1, 0.15) is 6.92 Å². The Labute approximate surface area is 98.4 Å². The number of aliphatic hydroxyl groups is 1. The summed E-state index contributed by atoms with van der Waals surface area (Å²) in [5, 5.41) is 20.2. The molecule has 0 aliphatic rings. The summed E-state index contributed by atoms with van der Waals surface area (Å²) < 4.78 is 4.80. The van der Waals surface area contributed by atoms with Crippen LogP contribution in [0, 0.1) is 0 Å². The molecule has 7 heteroatoms. The molecular formula is C9H17NO5S. The lowest BCUT2D eigenvalue weighted by molar-refractivity contribution is -0.156. The van der Waals surface area contributed by atoms with Crippen LogP contribution in [0.2, 0.25) is 0 Å². The molecule has 1 unspecified atom stereocenters. The lowest BCUT2D eigenvalue weighted by Crippen LogP contribution is -2.47. The molecule has 0 aliphatic heterocycles. The Morgan fingerprint density at radius 1 is 1.50 bits per heavy atom. The smallest absolute Gasteiger partial charge is 0.337 e. The molecule has 0 aromatic rings. The molecule has 1 atom stereocenters. The second-order valence-corrected chi connectivity index (χ2v) is 4.51. The van der Waals surface area contributed by atoms with Gasteiger partial charge in [0.25, 0.3) is 0 Å². The normalized spacial score (nSPS) is 14.2. The maximum Gasteiger partial charge on any atom is 0.337 e. The van der Waals surface area contributed by atoms with Crippen molar-refractivity contribution in [2.24, 2.45) is 0 Å². The topological polar surface area (TPSA) is 95.9 Å². The van der Waals surface area contributed by atoms with E-state index in [2.05, 4.69) is 5.32 Å². The molecule has 0 saturated carbocycles. The monoisotopic (exact) mass is 251 g/mol. The fraction of sp³-hybridized carbons (Fsp3) is 0.778. The Morgan fingerprint density at radius 2 is 2.12 bits per heavy atom. The van der Waals surface area contributed by atoms with Gasteiger partial charge in [-0.25, -0.2) is 4.79 Å². The second-order valence-electron chi connectivity index (χ2n) is 3.40. The molecule has 0 spiro atoms. The van der Waals surface area contributed by atoms with Gasteiger partial charge in [-0.3, -0.25) is 4.79 Å². The summed E-state index contributed by atoms with van der Waals surface area (Å²) in [6.07, 6.45) is 0. The van der Waals surface area contributed by atoms with Gasteiger partial charge in [-0.2, -0.15) is 0 Å². The number of carbonyl (C=O) groups excluding carboxylic acids is 1. The summed E-state index contributed by atoms with van der Waals surface area (Å²) >= 11 is 1.38. The van der Waals surface area contributed by atoms with Crippen molar-refractivity contribution < 1.29 is 24.5 Å². The molecule has 0 aliphatic carbocycles. The molecule has 0 aromatic carbocycles. The van der Waals surface area contributed by atoms with Crippen LogP contribution < -0.4 is 5.32 Å². The Bertz CT molecular complexity index is 244. The highest BCUT2D eigenvalue weighted by Gasteiger charge is 2.30. The predicted molar refractivity (Wildman–Crippen MR) is 60.5 cm³/mol. The molecular weight excluding hydrogens is 234 g/mol. The molecule has 94 valence electrons. The first-order chi connectivity index (χ1) is 7.40. The molecule has 0 heterocycles. The van der Waals surface area contributed by atoms with Gasteiger partial charge in [0.05, 0.1) is 18.9 Å². The van der Waals surface area contributed by atoms with Gasteiger partial charge in [0.15, 0.2) is 5.60 Å². The highest BCUT2D eigenvalue weighted by atomic mass is 32.2. The molecule has 0 saturated heterocycles. The van der Waals surface area contributed by atoms with Crippen molar-refractivity contribution >= 4 is 23.6 Å². The first-order valence-electron chi connectivity index (χ1n) is 4.69. The molecule has 6 nitrogen and oxygen atoms in total. The first-order valence-corrected chi connectivity index (χ1v) is 5.85. The van der Waals surface area contributed by atoms with Crippen molar-refractivity contribution in [3.63, 3.8) is 0 Å². The largest absolute Gasteiger partial charge is 0.479 e. The van der Waals surface area contributed by atoms with Crippen LogP contribution in [-0.4, -0.2) is 59.5 Å². The van der Waals surface area contributed by atoms with Crippen LogP contribution in [0.15, 0.2) is 0 Å². The van der Waals surface area contributed by atoms with Crippen LogP contribution in [0.4, 0.5) is 0 Å². The molecule has 0 radical (unpaired) electrons. The lowest BCUT2D eigenvalue weighted by atomic mass is 10.1. The summed E-state index contributed by atoms with van der Waals surface area (Å²) in [5.74, 6) is -0.749. The summed E-state index contributed by atoms with van der Waals surface area (Å²) in [6.45, 7) is 1.39. The predicted octanol–water partition coefficient (Wildman–Crippen LogP) is -0.682. The van der Waals surface area contributed by atoms with Crippen molar-refractivity contribution in [1.29, 1.82) is 0 Å². The van der Waals surface area contributed by atoms with E-state index in [1.54, 1.807) is 7.11 Å². The van der Waals surface area contributed by atoms with Crippen LogP contribution >= 0.6 is 11.8 Å². The number of hydrogen-bond acceptors (Lipinski definition) is 5. The molecule has 0 aromatic heterocycles. The zero-order valence-electron chi connectivity index (χ0n) is 9.36. The van der Waals surface area contributed by atoms with E-state index in [0.29, 0.717) is 12.4 Å². The van der Waals surface area contributed by atoms with Crippen molar-refractivity contribution in [2.45, 2.75) is 12.5 Å². The molecule has 16 heavy (non-hydrogen) atoms. The van der Waals surface area contributed by atoms with Crippen LogP contribution in [0.25, 0.3) is 0 Å². The van der Waals surface area contributed by atoms with Crippen molar-refractivity contribution in [3.05, 3.63) is 0 Å². The van der Waals surface area contributed by atoms with E-state index in [1.807, 2.05) is 0 Å². The van der Waals surface area contributed by atoms with Crippen LogP contribution in [-0.2, 0) is 14.3 Å². The zero-order valence-corrected chi connectivity index (χ0v) is 10.2. The standard InChI is InChI=1S/C9H17NO5S/c1-9(14,8(12)13)6-10-7(11)5-16-4-3-15-2/h14H,3-6H2,1-2H3,(H,10,11)(H,12,13). The van der Waals surface area contributed by atoms with E-state index < -0.39 is 11.6 Å². The Morgan fingerprint density at radius 3 is 2.62 bits per heavy atom. The SMILES string of the molecule is COCCSCC(=O)NCC(C)(O)C(=O)O. The highest BCUT2D eigenvalue weighted by molar-refractivity contribution is 7.99. The van der Waals surface area contributed by atoms with Crippen molar-refractivity contribution in [2.75, 3.05) is 31.8 Å². The summed E-state index contributed by atoms with van der Waals surface area (Å²) in [6, 6.07) is 0. The molecule has 1 amide bonds. The average Bonchev–Trinajstić information content (AvgIpc) is 2.21. The minimum atomic E-state index is -1.92. The van der Waals surface area contributed by atoms with Crippen LogP contribution in [0.3, 0.4) is 0 Å². The first kappa shape index (κ1) is 15.2. The number of aliphatic carboxylic acids is 1. The van der Waals surface area contributed by atoms with Crippen molar-refractivity contribution in [3.8, 4) is 0 Å². The minimum absolute atomic E-state index is 0.221. The van der Waals surface area contributed by atoms with E-state index in [0.717, 1.165) is 6.92 Å². The Balaban J connectivity index is 3.69. The average molecular weight is 251 g/mol. The summed E-state index contributed by atoms with van der Waals surface area (Å²) in [5.41, 5.74) is -1.92. The molecule has 0 fully saturated rings.